The first-order chi connectivity index (χ1) is 10.2. The first-order valence-electron chi connectivity index (χ1n) is 7.24. The molecule has 1 aliphatic rings. The van der Waals surface area contributed by atoms with E-state index in [1.54, 1.807) is 7.11 Å². The summed E-state index contributed by atoms with van der Waals surface area (Å²) >= 11 is 5.09. The summed E-state index contributed by atoms with van der Waals surface area (Å²) in [6, 6.07) is 2.03. The van der Waals surface area contributed by atoms with E-state index in [4.69, 9.17) is 32.2 Å². The van der Waals surface area contributed by atoms with Gasteiger partial charge in [-0.2, -0.15) is 0 Å². The largest absolute Gasteiger partial charge is 0.477 e. The molecule has 0 amide bonds. The second kappa shape index (κ2) is 8.26. The van der Waals surface area contributed by atoms with Gasteiger partial charge in [-0.25, -0.2) is 4.98 Å². The summed E-state index contributed by atoms with van der Waals surface area (Å²) in [6.45, 7) is 2.38. The third kappa shape index (κ3) is 4.62. The number of aryl methyl sites for hydroxylation is 2. The van der Waals surface area contributed by atoms with Gasteiger partial charge in [0, 0.05) is 25.8 Å². The molecule has 2 rings (SSSR count). The van der Waals surface area contributed by atoms with Crippen LogP contribution in [0.5, 0.6) is 5.88 Å². The van der Waals surface area contributed by atoms with Crippen LogP contribution in [-0.4, -0.2) is 43.5 Å². The topological polar surface area (TPSA) is 66.6 Å². The number of hydrogen-bond donors (Lipinski definition) is 1. The van der Waals surface area contributed by atoms with Gasteiger partial charge in [0.05, 0.1) is 25.4 Å². The normalized spacial score (nSPS) is 13.2. The van der Waals surface area contributed by atoms with Crippen molar-refractivity contribution in [1.82, 2.24) is 4.98 Å². The van der Waals surface area contributed by atoms with Gasteiger partial charge in [0.2, 0.25) is 5.88 Å². The Hall–Kier alpha value is -1.24. The van der Waals surface area contributed by atoms with Crippen LogP contribution in [-0.2, 0) is 22.3 Å². The van der Waals surface area contributed by atoms with E-state index >= 15 is 0 Å². The van der Waals surface area contributed by atoms with Gasteiger partial charge < -0.3 is 19.9 Å². The quantitative estimate of drug-likeness (QED) is 0.552. The minimum Gasteiger partial charge on any atom is -0.477 e. The average molecular weight is 310 g/mol. The SMILES string of the molecule is COCCOCCCOc1nc2c(cc1C(N)=S)CCC2. The molecule has 0 fully saturated rings. The van der Waals surface area contributed by atoms with E-state index in [0.717, 1.165) is 36.9 Å². The Morgan fingerprint density at radius 3 is 2.90 bits per heavy atom. The van der Waals surface area contributed by atoms with Crippen LogP contribution in [0, 0.1) is 0 Å². The van der Waals surface area contributed by atoms with E-state index in [-0.39, 0.29) is 0 Å². The molecule has 1 aliphatic carbocycles. The second-order valence-corrected chi connectivity index (χ2v) is 5.41. The number of nitrogens with zero attached hydrogens (tertiary/aromatic N) is 1. The Balaban J connectivity index is 1.86. The number of fused-ring (bicyclic) bond motifs is 1. The van der Waals surface area contributed by atoms with Crippen LogP contribution >= 0.6 is 12.2 Å². The van der Waals surface area contributed by atoms with Crippen LogP contribution in [0.15, 0.2) is 6.07 Å². The van der Waals surface area contributed by atoms with Crippen LogP contribution in [0.3, 0.4) is 0 Å². The maximum Gasteiger partial charge on any atom is 0.224 e. The van der Waals surface area contributed by atoms with E-state index in [9.17, 15) is 0 Å². The number of rotatable bonds is 9. The second-order valence-electron chi connectivity index (χ2n) is 4.97. The van der Waals surface area contributed by atoms with Crippen molar-refractivity contribution in [3.8, 4) is 5.88 Å². The molecule has 5 nitrogen and oxygen atoms in total. The molecule has 0 unspecified atom stereocenters. The van der Waals surface area contributed by atoms with Crippen molar-refractivity contribution in [2.45, 2.75) is 25.7 Å². The molecule has 0 aliphatic heterocycles. The molecule has 1 aromatic heterocycles. The van der Waals surface area contributed by atoms with E-state index in [1.807, 2.05) is 6.07 Å². The van der Waals surface area contributed by atoms with Crippen molar-refractivity contribution in [3.63, 3.8) is 0 Å². The third-order valence-electron chi connectivity index (χ3n) is 3.38. The molecular weight excluding hydrogens is 288 g/mol. The third-order valence-corrected chi connectivity index (χ3v) is 3.60. The summed E-state index contributed by atoms with van der Waals surface area (Å²) in [5.74, 6) is 0.556. The summed E-state index contributed by atoms with van der Waals surface area (Å²) in [6.07, 6.45) is 3.98. The highest BCUT2D eigenvalue weighted by molar-refractivity contribution is 7.80. The van der Waals surface area contributed by atoms with Gasteiger partial charge in [-0.1, -0.05) is 12.2 Å². The van der Waals surface area contributed by atoms with Gasteiger partial charge in [0.15, 0.2) is 0 Å². The van der Waals surface area contributed by atoms with Gasteiger partial charge in [-0.05, 0) is 30.9 Å². The maximum atomic E-state index is 5.77. The Labute approximate surface area is 130 Å². The molecule has 6 heteroatoms. The molecule has 2 N–H and O–H groups in total. The number of thiocarbonyl (C=S) groups is 1. The predicted molar refractivity (Wildman–Crippen MR) is 85.0 cm³/mol. The van der Waals surface area contributed by atoms with Crippen molar-refractivity contribution in [2.75, 3.05) is 33.5 Å². The van der Waals surface area contributed by atoms with Crippen molar-refractivity contribution < 1.29 is 14.2 Å². The van der Waals surface area contributed by atoms with Crippen LogP contribution in [0.2, 0.25) is 0 Å². The highest BCUT2D eigenvalue weighted by atomic mass is 32.1. The van der Waals surface area contributed by atoms with Crippen molar-refractivity contribution in [2.24, 2.45) is 5.73 Å². The minimum absolute atomic E-state index is 0.337. The highest BCUT2D eigenvalue weighted by Gasteiger charge is 2.18. The monoisotopic (exact) mass is 310 g/mol. The van der Waals surface area contributed by atoms with Crippen molar-refractivity contribution >= 4 is 17.2 Å². The fourth-order valence-electron chi connectivity index (χ4n) is 2.31. The summed E-state index contributed by atoms with van der Waals surface area (Å²) in [5.41, 5.74) is 8.86. The predicted octanol–water partition coefficient (Wildman–Crippen LogP) is 1.64. The Morgan fingerprint density at radius 2 is 2.14 bits per heavy atom. The van der Waals surface area contributed by atoms with Gasteiger partial charge in [-0.3, -0.25) is 0 Å². The zero-order chi connectivity index (χ0) is 15.1. The molecule has 0 saturated heterocycles. The Bertz CT molecular complexity index is 494. The van der Waals surface area contributed by atoms with Crippen LogP contribution in [0.4, 0.5) is 0 Å². The van der Waals surface area contributed by atoms with E-state index in [0.29, 0.717) is 37.3 Å². The number of aromatic nitrogens is 1. The lowest BCUT2D eigenvalue weighted by molar-refractivity contribution is 0.0642. The average Bonchev–Trinajstić information content (AvgIpc) is 2.92. The Kier molecular flexibility index (Phi) is 6.35. The minimum atomic E-state index is 0.337. The van der Waals surface area contributed by atoms with Crippen LogP contribution in [0.1, 0.15) is 29.7 Å². The molecule has 0 atom stereocenters. The van der Waals surface area contributed by atoms with Gasteiger partial charge in [-0.15, -0.1) is 0 Å². The fraction of sp³-hybridized carbons (Fsp3) is 0.600. The molecule has 0 bridgehead atoms. The van der Waals surface area contributed by atoms with Gasteiger partial charge in [0.25, 0.3) is 0 Å². The molecule has 0 saturated carbocycles. The molecule has 116 valence electrons. The lowest BCUT2D eigenvalue weighted by Gasteiger charge is -2.12. The van der Waals surface area contributed by atoms with Gasteiger partial charge >= 0.3 is 0 Å². The standard InChI is InChI=1S/C15H22N2O3S/c1-18-8-9-19-6-3-7-20-15-12(14(16)21)10-11-4-2-5-13(11)17-15/h10H,2-9H2,1H3,(H2,16,21). The maximum absolute atomic E-state index is 5.77. The van der Waals surface area contributed by atoms with Gasteiger partial charge in [0.1, 0.15) is 4.99 Å². The smallest absolute Gasteiger partial charge is 0.224 e. The first-order valence-corrected chi connectivity index (χ1v) is 7.65. The van der Waals surface area contributed by atoms with E-state index in [1.165, 1.54) is 5.56 Å². The Morgan fingerprint density at radius 1 is 1.29 bits per heavy atom. The zero-order valence-corrected chi connectivity index (χ0v) is 13.2. The van der Waals surface area contributed by atoms with Crippen LogP contribution < -0.4 is 10.5 Å². The lowest BCUT2D eigenvalue weighted by Crippen LogP contribution is -2.15. The van der Waals surface area contributed by atoms with Crippen molar-refractivity contribution in [3.05, 3.63) is 22.9 Å². The number of pyridine rings is 1. The number of nitrogens with two attached hydrogens (primary N) is 1. The number of hydrogen-bond acceptors (Lipinski definition) is 5. The highest BCUT2D eigenvalue weighted by Crippen LogP contribution is 2.26. The molecule has 21 heavy (non-hydrogen) atoms. The van der Waals surface area contributed by atoms with E-state index in [2.05, 4.69) is 4.98 Å². The molecule has 0 radical (unpaired) electrons. The fourth-order valence-corrected chi connectivity index (χ4v) is 2.46. The number of methoxy groups -OCH3 is 1. The zero-order valence-electron chi connectivity index (χ0n) is 12.4. The molecular formula is C15H22N2O3S. The molecule has 1 heterocycles. The first kappa shape index (κ1) is 16.1. The summed E-state index contributed by atoms with van der Waals surface area (Å²) in [4.78, 5) is 4.91. The summed E-state index contributed by atoms with van der Waals surface area (Å²) in [5, 5.41) is 0. The molecule has 1 aromatic rings. The number of ether oxygens (including phenoxy) is 3. The molecule has 0 aromatic carbocycles. The lowest BCUT2D eigenvalue weighted by atomic mass is 10.1. The summed E-state index contributed by atoms with van der Waals surface area (Å²) in [7, 11) is 1.66. The van der Waals surface area contributed by atoms with Crippen LogP contribution in [0.25, 0.3) is 0 Å². The van der Waals surface area contributed by atoms with E-state index < -0.39 is 0 Å². The van der Waals surface area contributed by atoms with Crippen molar-refractivity contribution in [1.29, 1.82) is 0 Å². The summed E-state index contributed by atoms with van der Waals surface area (Å²) < 4.78 is 16.0. The molecule has 0 spiro atoms.